The number of esters is 1. The number of nitrogens with one attached hydrogen (secondary N) is 1. The maximum Gasteiger partial charge on any atom is 0.310 e. The van der Waals surface area contributed by atoms with Crippen molar-refractivity contribution in [1.29, 1.82) is 0 Å². The minimum absolute atomic E-state index is 0.209. The van der Waals surface area contributed by atoms with Crippen molar-refractivity contribution in [1.82, 2.24) is 0 Å². The molecule has 0 atom stereocenters. The molecule has 20 heavy (non-hydrogen) atoms. The van der Waals surface area contributed by atoms with Gasteiger partial charge < -0.3 is 14.8 Å². The lowest BCUT2D eigenvalue weighted by atomic mass is 10.3. The molecule has 0 fully saturated rings. The highest BCUT2D eigenvalue weighted by molar-refractivity contribution is 7.12. The smallest absolute Gasteiger partial charge is 0.310 e. The summed E-state index contributed by atoms with van der Waals surface area (Å²) in [5.74, 6) is 0.617. The molecule has 0 amide bonds. The predicted molar refractivity (Wildman–Crippen MR) is 80.4 cm³/mol. The molecule has 0 saturated heterocycles. The van der Waals surface area contributed by atoms with E-state index in [4.69, 9.17) is 4.74 Å². The van der Waals surface area contributed by atoms with Crippen molar-refractivity contribution in [2.45, 2.75) is 13.0 Å². The van der Waals surface area contributed by atoms with E-state index in [0.717, 1.165) is 22.9 Å². The van der Waals surface area contributed by atoms with Crippen LogP contribution in [0.15, 0.2) is 36.4 Å². The van der Waals surface area contributed by atoms with Crippen molar-refractivity contribution in [2.24, 2.45) is 0 Å². The second-order valence-electron chi connectivity index (χ2n) is 4.21. The fraction of sp³-hybridized carbons (Fsp3) is 0.267. The molecule has 2 aromatic rings. The van der Waals surface area contributed by atoms with Gasteiger partial charge in [-0.1, -0.05) is 6.07 Å². The summed E-state index contributed by atoms with van der Waals surface area (Å²) in [5.41, 5.74) is 1.01. The monoisotopic (exact) mass is 291 g/mol. The van der Waals surface area contributed by atoms with Gasteiger partial charge in [0.1, 0.15) is 5.75 Å². The summed E-state index contributed by atoms with van der Waals surface area (Å²) < 4.78 is 9.83. The third kappa shape index (κ3) is 3.99. The molecule has 4 nitrogen and oxygen atoms in total. The third-order valence-corrected chi connectivity index (χ3v) is 3.89. The van der Waals surface area contributed by atoms with Gasteiger partial charge >= 0.3 is 5.97 Å². The molecule has 106 valence electrons. The van der Waals surface area contributed by atoms with Gasteiger partial charge in [-0.3, -0.25) is 4.79 Å². The Labute approximate surface area is 122 Å². The summed E-state index contributed by atoms with van der Waals surface area (Å²) in [4.78, 5) is 13.4. The van der Waals surface area contributed by atoms with E-state index in [2.05, 4.69) is 10.1 Å². The maximum atomic E-state index is 11.2. The Kier molecular flexibility index (Phi) is 5.01. The van der Waals surface area contributed by atoms with Crippen molar-refractivity contribution in [3.8, 4) is 5.75 Å². The highest BCUT2D eigenvalue weighted by Gasteiger charge is 2.06. The molecule has 0 aliphatic rings. The Morgan fingerprint density at radius 3 is 2.75 bits per heavy atom. The minimum Gasteiger partial charge on any atom is -0.497 e. The lowest BCUT2D eigenvalue weighted by Gasteiger charge is -2.06. The van der Waals surface area contributed by atoms with Crippen LogP contribution < -0.4 is 10.1 Å². The van der Waals surface area contributed by atoms with Crippen molar-refractivity contribution >= 4 is 23.0 Å². The Hall–Kier alpha value is -2.01. The van der Waals surface area contributed by atoms with Gasteiger partial charge in [0.25, 0.3) is 0 Å². The summed E-state index contributed by atoms with van der Waals surface area (Å²) in [6, 6.07) is 11.8. The van der Waals surface area contributed by atoms with Gasteiger partial charge in [-0.25, -0.2) is 0 Å². The quantitative estimate of drug-likeness (QED) is 0.831. The van der Waals surface area contributed by atoms with Crippen LogP contribution >= 0.6 is 11.3 Å². The van der Waals surface area contributed by atoms with Crippen LogP contribution in [-0.2, 0) is 22.5 Å². The van der Waals surface area contributed by atoms with Crippen LogP contribution in [0.3, 0.4) is 0 Å². The number of rotatable bonds is 6. The van der Waals surface area contributed by atoms with Gasteiger partial charge in [-0.05, 0) is 24.3 Å². The normalized spacial score (nSPS) is 10.1. The molecule has 1 heterocycles. The van der Waals surface area contributed by atoms with Crippen molar-refractivity contribution in [3.63, 3.8) is 0 Å². The Morgan fingerprint density at radius 2 is 2.00 bits per heavy atom. The molecule has 1 aromatic heterocycles. The summed E-state index contributed by atoms with van der Waals surface area (Å²) in [6.45, 7) is 0.721. The fourth-order valence-electron chi connectivity index (χ4n) is 1.75. The van der Waals surface area contributed by atoms with E-state index in [0.29, 0.717) is 6.42 Å². The highest BCUT2D eigenvalue weighted by Crippen LogP contribution is 2.21. The zero-order valence-corrected chi connectivity index (χ0v) is 12.3. The van der Waals surface area contributed by atoms with Crippen LogP contribution in [0.5, 0.6) is 5.75 Å². The number of carbonyl (C=O) groups is 1. The SMILES string of the molecule is COC(=O)Cc1ccc(CNc2cccc(OC)c2)s1. The van der Waals surface area contributed by atoms with Crippen LogP contribution in [-0.4, -0.2) is 20.2 Å². The van der Waals surface area contributed by atoms with Gasteiger partial charge in [0.2, 0.25) is 0 Å². The third-order valence-electron chi connectivity index (χ3n) is 2.80. The second-order valence-corrected chi connectivity index (χ2v) is 5.46. The van der Waals surface area contributed by atoms with Gasteiger partial charge in [-0.15, -0.1) is 11.3 Å². The topological polar surface area (TPSA) is 47.6 Å². The van der Waals surface area contributed by atoms with Gasteiger partial charge in [0, 0.05) is 28.1 Å². The second kappa shape index (κ2) is 6.96. The molecular formula is C15H17NO3S. The van der Waals surface area contributed by atoms with Crippen LogP contribution in [0, 0.1) is 0 Å². The Bertz CT molecular complexity index is 580. The Balaban J connectivity index is 1.92. The van der Waals surface area contributed by atoms with Crippen LogP contribution in [0.25, 0.3) is 0 Å². The van der Waals surface area contributed by atoms with Gasteiger partial charge in [-0.2, -0.15) is 0 Å². The van der Waals surface area contributed by atoms with E-state index in [1.807, 2.05) is 36.4 Å². The molecule has 0 saturated carbocycles. The average molecular weight is 291 g/mol. The highest BCUT2D eigenvalue weighted by atomic mass is 32.1. The summed E-state index contributed by atoms with van der Waals surface area (Å²) >= 11 is 1.61. The molecule has 0 aliphatic carbocycles. The van der Waals surface area contributed by atoms with E-state index in [9.17, 15) is 4.79 Å². The van der Waals surface area contributed by atoms with E-state index in [1.165, 1.54) is 12.0 Å². The number of methoxy groups -OCH3 is 2. The first-order valence-electron chi connectivity index (χ1n) is 6.23. The number of thiophene rings is 1. The van der Waals surface area contributed by atoms with E-state index in [1.54, 1.807) is 18.4 Å². The molecule has 0 radical (unpaired) electrons. The molecule has 0 aliphatic heterocycles. The predicted octanol–water partition coefficient (Wildman–Crippen LogP) is 3.08. The number of ether oxygens (including phenoxy) is 2. The molecule has 5 heteroatoms. The van der Waals surface area contributed by atoms with Crippen molar-refractivity contribution in [2.75, 3.05) is 19.5 Å². The lowest BCUT2D eigenvalue weighted by Crippen LogP contribution is -2.02. The van der Waals surface area contributed by atoms with E-state index >= 15 is 0 Å². The van der Waals surface area contributed by atoms with Crippen LogP contribution in [0.1, 0.15) is 9.75 Å². The van der Waals surface area contributed by atoms with Crippen molar-refractivity contribution < 1.29 is 14.3 Å². The Morgan fingerprint density at radius 1 is 1.20 bits per heavy atom. The minimum atomic E-state index is -0.209. The number of carbonyl (C=O) groups excluding carboxylic acids is 1. The first-order chi connectivity index (χ1) is 9.71. The summed E-state index contributed by atoms with van der Waals surface area (Å²) in [6.07, 6.45) is 0.334. The lowest BCUT2D eigenvalue weighted by molar-refractivity contribution is -0.139. The number of hydrogen-bond acceptors (Lipinski definition) is 5. The largest absolute Gasteiger partial charge is 0.497 e. The summed E-state index contributed by atoms with van der Waals surface area (Å²) in [5, 5.41) is 3.33. The molecule has 0 bridgehead atoms. The molecule has 1 aromatic carbocycles. The molecule has 1 N–H and O–H groups in total. The van der Waals surface area contributed by atoms with Gasteiger partial charge in [0.05, 0.1) is 20.6 Å². The summed E-state index contributed by atoms with van der Waals surface area (Å²) in [7, 11) is 3.05. The van der Waals surface area contributed by atoms with Crippen LogP contribution in [0.2, 0.25) is 0 Å². The average Bonchev–Trinajstić information content (AvgIpc) is 2.92. The number of benzene rings is 1. The maximum absolute atomic E-state index is 11.2. The first kappa shape index (κ1) is 14.4. The zero-order chi connectivity index (χ0) is 14.4. The molecule has 0 spiro atoms. The molecular weight excluding hydrogens is 274 g/mol. The number of anilines is 1. The molecule has 2 rings (SSSR count). The number of hydrogen-bond donors (Lipinski definition) is 1. The fourth-order valence-corrected chi connectivity index (χ4v) is 2.69. The zero-order valence-electron chi connectivity index (χ0n) is 11.5. The standard InChI is InChI=1S/C15H17NO3S/c1-18-12-5-3-4-11(8-12)16-10-14-7-6-13(20-14)9-15(17)19-2/h3-8,16H,9-10H2,1-2H3. The van der Waals surface area contributed by atoms with Gasteiger partial charge in [0.15, 0.2) is 0 Å². The van der Waals surface area contributed by atoms with Crippen LogP contribution in [0.4, 0.5) is 5.69 Å². The molecule has 0 unspecified atom stereocenters. The van der Waals surface area contributed by atoms with E-state index < -0.39 is 0 Å². The van der Waals surface area contributed by atoms with Crippen molar-refractivity contribution in [3.05, 3.63) is 46.2 Å². The van der Waals surface area contributed by atoms with E-state index in [-0.39, 0.29) is 5.97 Å². The first-order valence-corrected chi connectivity index (χ1v) is 7.05.